The number of ether oxygens (including phenoxy) is 1. The van der Waals surface area contributed by atoms with Crippen molar-refractivity contribution < 1.29 is 17.9 Å². The molecule has 1 saturated heterocycles. The first-order chi connectivity index (χ1) is 14.2. The van der Waals surface area contributed by atoms with Gasteiger partial charge in [0.15, 0.2) is 0 Å². The monoisotopic (exact) mass is 421 g/mol. The Labute approximate surface area is 170 Å². The lowest BCUT2D eigenvalue weighted by Gasteiger charge is -2.36. The Morgan fingerprint density at radius 3 is 2.63 bits per heavy atom. The van der Waals surface area contributed by atoms with Gasteiger partial charge in [-0.25, -0.2) is 15.0 Å². The number of hydrogen-bond donors (Lipinski definition) is 2. The lowest BCUT2D eigenvalue weighted by atomic mass is 10.1. The van der Waals surface area contributed by atoms with E-state index in [9.17, 15) is 13.2 Å². The molecule has 2 N–H and O–H groups in total. The van der Waals surface area contributed by atoms with Gasteiger partial charge in [0.25, 0.3) is 0 Å². The lowest BCUT2D eigenvalue weighted by molar-refractivity contribution is -0.138. The number of alkyl halides is 3. The van der Waals surface area contributed by atoms with E-state index in [-0.39, 0.29) is 18.0 Å². The summed E-state index contributed by atoms with van der Waals surface area (Å²) in [4.78, 5) is 14.9. The third-order valence-corrected chi connectivity index (χ3v) is 4.96. The molecular formula is C19H22F3N7O. The molecule has 0 aromatic carbocycles. The maximum Gasteiger partial charge on any atom is 0.408 e. The van der Waals surface area contributed by atoms with E-state index in [0.29, 0.717) is 41.2 Å². The average Bonchev–Trinajstić information content (AvgIpc) is 3.12. The first kappa shape index (κ1) is 20.3. The van der Waals surface area contributed by atoms with Gasteiger partial charge in [0.2, 0.25) is 0 Å². The highest BCUT2D eigenvalue weighted by atomic mass is 19.4. The van der Waals surface area contributed by atoms with Crippen molar-refractivity contribution >= 4 is 22.5 Å². The fourth-order valence-electron chi connectivity index (χ4n) is 3.56. The highest BCUT2D eigenvalue weighted by Gasteiger charge is 2.36. The van der Waals surface area contributed by atoms with E-state index in [0.717, 1.165) is 6.92 Å². The maximum atomic E-state index is 13.1. The SMILES string of the molecule is CC(Nc1nccc2[nH]nc(-c3cc(N4C[C@@H](C)O[C@@H](C)C4)ncn3)c12)C(F)(F)F. The quantitative estimate of drug-likeness (QED) is 0.667. The van der Waals surface area contributed by atoms with Crippen LogP contribution in [0.5, 0.6) is 0 Å². The fraction of sp³-hybridized carbons (Fsp3) is 0.474. The topological polar surface area (TPSA) is 91.9 Å². The highest BCUT2D eigenvalue weighted by molar-refractivity contribution is 6.00. The number of hydrogen-bond acceptors (Lipinski definition) is 7. The Morgan fingerprint density at radius 2 is 1.93 bits per heavy atom. The highest BCUT2D eigenvalue weighted by Crippen LogP contribution is 2.33. The van der Waals surface area contributed by atoms with Crippen molar-refractivity contribution in [1.29, 1.82) is 0 Å². The molecule has 4 heterocycles. The number of nitrogens with zero attached hydrogens (tertiary/aromatic N) is 5. The van der Waals surface area contributed by atoms with E-state index in [1.165, 1.54) is 12.5 Å². The zero-order chi connectivity index (χ0) is 21.5. The van der Waals surface area contributed by atoms with Gasteiger partial charge in [0, 0.05) is 25.4 Å². The van der Waals surface area contributed by atoms with Crippen LogP contribution in [0, 0.1) is 0 Å². The van der Waals surface area contributed by atoms with Crippen LogP contribution in [0.1, 0.15) is 20.8 Å². The third kappa shape index (κ3) is 4.02. The number of rotatable bonds is 4. The van der Waals surface area contributed by atoms with Crippen molar-refractivity contribution in [2.45, 2.75) is 45.2 Å². The molecule has 0 spiro atoms. The summed E-state index contributed by atoms with van der Waals surface area (Å²) in [5.74, 6) is 0.801. The van der Waals surface area contributed by atoms with E-state index >= 15 is 0 Å². The van der Waals surface area contributed by atoms with Crippen molar-refractivity contribution in [3.8, 4) is 11.4 Å². The van der Waals surface area contributed by atoms with Crippen molar-refractivity contribution in [3.05, 3.63) is 24.7 Å². The number of nitrogens with one attached hydrogen (secondary N) is 2. The molecule has 1 aliphatic heterocycles. The maximum absolute atomic E-state index is 13.1. The van der Waals surface area contributed by atoms with Gasteiger partial charge < -0.3 is 15.0 Å². The van der Waals surface area contributed by atoms with E-state index in [2.05, 4.69) is 35.4 Å². The van der Waals surface area contributed by atoms with Crippen molar-refractivity contribution in [2.75, 3.05) is 23.3 Å². The predicted molar refractivity (Wildman–Crippen MR) is 106 cm³/mol. The largest absolute Gasteiger partial charge is 0.408 e. The number of anilines is 2. The number of morpholine rings is 1. The fourth-order valence-corrected chi connectivity index (χ4v) is 3.56. The van der Waals surface area contributed by atoms with E-state index < -0.39 is 12.2 Å². The average molecular weight is 421 g/mol. The molecular weight excluding hydrogens is 399 g/mol. The van der Waals surface area contributed by atoms with Gasteiger partial charge in [0.1, 0.15) is 29.7 Å². The van der Waals surface area contributed by atoms with Gasteiger partial charge >= 0.3 is 6.18 Å². The minimum Gasteiger partial charge on any atom is -0.372 e. The van der Waals surface area contributed by atoms with Crippen LogP contribution in [-0.4, -0.2) is 62.7 Å². The Morgan fingerprint density at radius 1 is 1.20 bits per heavy atom. The molecule has 160 valence electrons. The van der Waals surface area contributed by atoms with Crippen molar-refractivity contribution in [2.24, 2.45) is 0 Å². The summed E-state index contributed by atoms with van der Waals surface area (Å²) in [6.45, 7) is 6.40. The number of H-pyrrole nitrogens is 1. The third-order valence-electron chi connectivity index (χ3n) is 4.96. The second kappa shape index (κ2) is 7.71. The Bertz CT molecular complexity index is 1030. The summed E-state index contributed by atoms with van der Waals surface area (Å²) >= 11 is 0. The number of pyridine rings is 1. The van der Waals surface area contributed by atoms with Crippen molar-refractivity contribution in [1.82, 2.24) is 25.1 Å². The molecule has 3 aromatic rings. The van der Waals surface area contributed by atoms with Crippen LogP contribution in [0.4, 0.5) is 24.8 Å². The molecule has 1 fully saturated rings. The van der Waals surface area contributed by atoms with Gasteiger partial charge in [-0.2, -0.15) is 18.3 Å². The molecule has 0 aliphatic carbocycles. The van der Waals surface area contributed by atoms with Crippen LogP contribution in [-0.2, 0) is 4.74 Å². The number of aromatic nitrogens is 5. The summed E-state index contributed by atoms with van der Waals surface area (Å²) in [6, 6.07) is 1.67. The summed E-state index contributed by atoms with van der Waals surface area (Å²) in [5.41, 5.74) is 1.47. The van der Waals surface area contributed by atoms with Gasteiger partial charge in [-0.15, -0.1) is 0 Å². The summed E-state index contributed by atoms with van der Waals surface area (Å²) in [6.07, 6.45) is -1.43. The van der Waals surface area contributed by atoms with Gasteiger partial charge in [0.05, 0.1) is 28.8 Å². The predicted octanol–water partition coefficient (Wildman–Crippen LogP) is 3.39. The molecule has 0 bridgehead atoms. The second-order valence-electron chi connectivity index (χ2n) is 7.49. The molecule has 30 heavy (non-hydrogen) atoms. The van der Waals surface area contributed by atoms with Crippen LogP contribution >= 0.6 is 0 Å². The van der Waals surface area contributed by atoms with Gasteiger partial charge in [-0.1, -0.05) is 0 Å². The number of fused-ring (bicyclic) bond motifs is 1. The van der Waals surface area contributed by atoms with Crippen LogP contribution in [0.15, 0.2) is 24.7 Å². The Balaban J connectivity index is 1.72. The Kier molecular flexibility index (Phi) is 5.22. The molecule has 0 saturated carbocycles. The van der Waals surface area contributed by atoms with E-state index in [1.807, 2.05) is 13.8 Å². The molecule has 8 nitrogen and oxygen atoms in total. The first-order valence-corrected chi connectivity index (χ1v) is 9.61. The smallest absolute Gasteiger partial charge is 0.372 e. The standard InChI is InChI=1S/C19H22F3N7O/c1-10-7-29(8-11(2)30-10)15-6-14(24-9-25-15)17-16-13(27-28-17)4-5-23-18(16)26-12(3)19(20,21)22/h4-6,9-12H,7-8H2,1-3H3,(H,23,26)(H,27,28)/t10-,11+,12?. The summed E-state index contributed by atoms with van der Waals surface area (Å²) < 4.78 is 44.9. The minimum absolute atomic E-state index is 0.0576. The van der Waals surface area contributed by atoms with Crippen LogP contribution in [0.3, 0.4) is 0 Å². The van der Waals surface area contributed by atoms with E-state index in [1.54, 1.807) is 12.1 Å². The molecule has 3 aromatic heterocycles. The summed E-state index contributed by atoms with van der Waals surface area (Å²) in [7, 11) is 0. The molecule has 0 radical (unpaired) electrons. The Hall–Kier alpha value is -2.95. The zero-order valence-electron chi connectivity index (χ0n) is 16.7. The number of halogens is 3. The second-order valence-corrected chi connectivity index (χ2v) is 7.49. The minimum atomic E-state index is -4.40. The van der Waals surface area contributed by atoms with Crippen LogP contribution in [0.2, 0.25) is 0 Å². The van der Waals surface area contributed by atoms with Crippen LogP contribution in [0.25, 0.3) is 22.3 Å². The van der Waals surface area contributed by atoms with Crippen molar-refractivity contribution in [3.63, 3.8) is 0 Å². The first-order valence-electron chi connectivity index (χ1n) is 9.61. The molecule has 1 unspecified atom stereocenters. The number of aromatic amines is 1. The molecule has 0 amide bonds. The van der Waals surface area contributed by atoms with Gasteiger partial charge in [-0.3, -0.25) is 5.10 Å². The van der Waals surface area contributed by atoms with E-state index in [4.69, 9.17) is 4.74 Å². The molecule has 3 atom stereocenters. The molecule has 4 rings (SSSR count). The lowest BCUT2D eigenvalue weighted by Crippen LogP contribution is -2.45. The zero-order valence-corrected chi connectivity index (χ0v) is 16.7. The van der Waals surface area contributed by atoms with Gasteiger partial charge in [-0.05, 0) is 26.8 Å². The normalized spacial score (nSPS) is 21.1. The summed E-state index contributed by atoms with van der Waals surface area (Å²) in [5, 5.41) is 10.0. The molecule has 11 heteroatoms. The molecule has 1 aliphatic rings. The van der Waals surface area contributed by atoms with Crippen LogP contribution < -0.4 is 10.2 Å².